The number of H-pyrrole nitrogens is 2. The lowest BCUT2D eigenvalue weighted by molar-refractivity contribution is 0.852. The number of rotatable bonds is 2. The van der Waals surface area contributed by atoms with Crippen LogP contribution in [0.3, 0.4) is 0 Å². The molecule has 2 heterocycles. The summed E-state index contributed by atoms with van der Waals surface area (Å²) < 4.78 is 0. The van der Waals surface area contributed by atoms with Crippen LogP contribution in [-0.2, 0) is 6.42 Å². The number of thiophene rings is 1. The van der Waals surface area contributed by atoms with Gasteiger partial charge in [-0.15, -0.1) is 11.3 Å². The smallest absolute Gasteiger partial charge is 0.295 e. The molecule has 0 radical (unpaired) electrons. The molecule has 72 valence electrons. The molecular weight excluding hydrogens is 202 g/mol. The van der Waals surface area contributed by atoms with Gasteiger partial charge in [-0.3, -0.25) is 9.97 Å². The second-order valence-corrected chi connectivity index (χ2v) is 3.73. The van der Waals surface area contributed by atoms with Crippen LogP contribution in [0.25, 0.3) is 0 Å². The van der Waals surface area contributed by atoms with Crippen LogP contribution in [0.15, 0.2) is 27.1 Å². The van der Waals surface area contributed by atoms with Crippen LogP contribution in [0, 0.1) is 0 Å². The Bertz CT molecular complexity index is 498. The molecule has 2 rings (SSSR count). The van der Waals surface area contributed by atoms with Gasteiger partial charge in [-0.1, -0.05) is 6.07 Å². The average molecular weight is 209 g/mol. The van der Waals surface area contributed by atoms with Crippen molar-refractivity contribution in [2.24, 2.45) is 0 Å². The third kappa shape index (κ3) is 1.97. The van der Waals surface area contributed by atoms with Gasteiger partial charge in [0.05, 0.1) is 0 Å². The van der Waals surface area contributed by atoms with E-state index in [2.05, 4.69) is 9.97 Å². The molecule has 0 aliphatic rings. The monoisotopic (exact) mass is 209 g/mol. The summed E-state index contributed by atoms with van der Waals surface area (Å²) in [6.45, 7) is 0. The van der Waals surface area contributed by atoms with Crippen molar-refractivity contribution in [3.05, 3.63) is 49.2 Å². The van der Waals surface area contributed by atoms with Crippen molar-refractivity contribution in [3.63, 3.8) is 0 Å². The number of nitrogens with zero attached hydrogens (tertiary/aromatic N) is 1. The van der Waals surface area contributed by atoms with E-state index in [1.54, 1.807) is 11.3 Å². The standard InChI is InChI=1S/C8H7N3O2S/c12-7-9-6(10-8(13)11-7)4-5-2-1-3-14-5/h1-3H,4H2,(H2,9,10,11,12,13). The molecular formula is C8H7N3O2S. The van der Waals surface area contributed by atoms with Crippen LogP contribution in [0.2, 0.25) is 0 Å². The van der Waals surface area contributed by atoms with Gasteiger partial charge in [0.2, 0.25) is 0 Å². The first kappa shape index (κ1) is 8.89. The van der Waals surface area contributed by atoms with Crippen LogP contribution in [0.5, 0.6) is 0 Å². The highest BCUT2D eigenvalue weighted by Crippen LogP contribution is 2.10. The van der Waals surface area contributed by atoms with E-state index in [0.717, 1.165) is 4.88 Å². The highest BCUT2D eigenvalue weighted by Gasteiger charge is 2.00. The van der Waals surface area contributed by atoms with Crippen molar-refractivity contribution < 1.29 is 0 Å². The van der Waals surface area contributed by atoms with Gasteiger partial charge in [0.25, 0.3) is 0 Å². The van der Waals surface area contributed by atoms with Crippen molar-refractivity contribution in [1.82, 2.24) is 15.0 Å². The highest BCUT2D eigenvalue weighted by atomic mass is 32.1. The number of nitrogens with one attached hydrogen (secondary N) is 2. The normalized spacial score (nSPS) is 10.3. The van der Waals surface area contributed by atoms with Crippen LogP contribution >= 0.6 is 11.3 Å². The predicted octanol–water partition coefficient (Wildman–Crippen LogP) is 0.111. The molecule has 0 fully saturated rings. The molecule has 2 aromatic heterocycles. The number of hydrogen-bond acceptors (Lipinski definition) is 4. The fourth-order valence-electron chi connectivity index (χ4n) is 1.10. The Morgan fingerprint density at radius 1 is 1.36 bits per heavy atom. The van der Waals surface area contributed by atoms with Gasteiger partial charge in [-0.2, -0.15) is 4.98 Å². The van der Waals surface area contributed by atoms with Crippen LogP contribution in [0.4, 0.5) is 0 Å². The van der Waals surface area contributed by atoms with Crippen LogP contribution < -0.4 is 11.4 Å². The SMILES string of the molecule is O=c1nc(Cc2cccs2)[nH]c(=O)[nH]1. The number of aromatic amines is 2. The summed E-state index contributed by atoms with van der Waals surface area (Å²) in [5, 5.41) is 1.93. The number of aromatic nitrogens is 3. The van der Waals surface area contributed by atoms with Crippen molar-refractivity contribution in [2.45, 2.75) is 6.42 Å². The second kappa shape index (κ2) is 3.59. The van der Waals surface area contributed by atoms with Gasteiger partial charge in [0.15, 0.2) is 0 Å². The minimum Gasteiger partial charge on any atom is -0.295 e. The topological polar surface area (TPSA) is 78.6 Å². The first-order valence-electron chi connectivity index (χ1n) is 3.96. The van der Waals surface area contributed by atoms with E-state index >= 15 is 0 Å². The second-order valence-electron chi connectivity index (χ2n) is 2.70. The van der Waals surface area contributed by atoms with Gasteiger partial charge in [0.1, 0.15) is 5.82 Å². The maximum atomic E-state index is 10.9. The molecule has 0 unspecified atom stereocenters. The largest absolute Gasteiger partial charge is 0.350 e. The summed E-state index contributed by atoms with van der Waals surface area (Å²) in [6, 6.07) is 3.83. The Labute approximate surface area is 82.5 Å². The molecule has 6 heteroatoms. The molecule has 0 saturated carbocycles. The van der Waals surface area contributed by atoms with E-state index in [1.165, 1.54) is 0 Å². The molecule has 0 bridgehead atoms. The van der Waals surface area contributed by atoms with Crippen LogP contribution in [-0.4, -0.2) is 15.0 Å². The lowest BCUT2D eigenvalue weighted by Crippen LogP contribution is -2.26. The zero-order chi connectivity index (χ0) is 9.97. The fourth-order valence-corrected chi connectivity index (χ4v) is 1.81. The first-order valence-corrected chi connectivity index (χ1v) is 4.84. The molecule has 14 heavy (non-hydrogen) atoms. The van der Waals surface area contributed by atoms with Crippen molar-refractivity contribution in [1.29, 1.82) is 0 Å². The Balaban J connectivity index is 2.34. The minimum absolute atomic E-state index is 0.390. The van der Waals surface area contributed by atoms with E-state index in [1.807, 2.05) is 22.5 Å². The van der Waals surface area contributed by atoms with Gasteiger partial charge in [0, 0.05) is 11.3 Å². The van der Waals surface area contributed by atoms with Crippen LogP contribution in [0.1, 0.15) is 10.7 Å². The molecule has 0 aliphatic heterocycles. The molecule has 0 atom stereocenters. The van der Waals surface area contributed by atoms with Gasteiger partial charge < -0.3 is 0 Å². The van der Waals surface area contributed by atoms with Gasteiger partial charge >= 0.3 is 11.4 Å². The maximum absolute atomic E-state index is 10.9. The highest BCUT2D eigenvalue weighted by molar-refractivity contribution is 7.09. The summed E-state index contributed by atoms with van der Waals surface area (Å²) >= 11 is 1.56. The van der Waals surface area contributed by atoms with E-state index in [4.69, 9.17) is 0 Å². The van der Waals surface area contributed by atoms with Gasteiger partial charge in [-0.05, 0) is 11.4 Å². The lowest BCUT2D eigenvalue weighted by Gasteiger charge is -1.95. The fraction of sp³-hybridized carbons (Fsp3) is 0.125. The molecule has 2 aromatic rings. The Kier molecular flexibility index (Phi) is 2.28. The van der Waals surface area contributed by atoms with E-state index in [9.17, 15) is 9.59 Å². The molecule has 0 aromatic carbocycles. The first-order chi connectivity index (χ1) is 6.74. The molecule has 2 N–H and O–H groups in total. The molecule has 0 aliphatic carbocycles. The molecule has 0 spiro atoms. The summed E-state index contributed by atoms with van der Waals surface area (Å²) in [4.78, 5) is 30.9. The van der Waals surface area contributed by atoms with E-state index in [0.29, 0.717) is 12.2 Å². The summed E-state index contributed by atoms with van der Waals surface area (Å²) in [5.74, 6) is 0.390. The van der Waals surface area contributed by atoms with Crippen molar-refractivity contribution >= 4 is 11.3 Å². The summed E-state index contributed by atoms with van der Waals surface area (Å²) in [5.41, 5.74) is -1.13. The predicted molar refractivity (Wildman–Crippen MR) is 52.6 cm³/mol. The molecule has 5 nitrogen and oxygen atoms in total. The van der Waals surface area contributed by atoms with Crippen molar-refractivity contribution in [3.8, 4) is 0 Å². The molecule has 0 saturated heterocycles. The van der Waals surface area contributed by atoms with Crippen molar-refractivity contribution in [2.75, 3.05) is 0 Å². The Morgan fingerprint density at radius 2 is 2.21 bits per heavy atom. The maximum Gasteiger partial charge on any atom is 0.350 e. The Hall–Kier alpha value is -1.69. The summed E-state index contributed by atoms with van der Waals surface area (Å²) in [7, 11) is 0. The molecule has 0 amide bonds. The summed E-state index contributed by atoms with van der Waals surface area (Å²) in [6.07, 6.45) is 0.483. The zero-order valence-corrected chi connectivity index (χ0v) is 7.93. The Morgan fingerprint density at radius 3 is 2.86 bits per heavy atom. The minimum atomic E-state index is -0.611. The lowest BCUT2D eigenvalue weighted by atomic mass is 10.3. The van der Waals surface area contributed by atoms with E-state index < -0.39 is 11.4 Å². The quantitative estimate of drug-likeness (QED) is 0.736. The average Bonchev–Trinajstić information content (AvgIpc) is 2.54. The third-order valence-electron chi connectivity index (χ3n) is 1.64. The van der Waals surface area contributed by atoms with E-state index in [-0.39, 0.29) is 0 Å². The van der Waals surface area contributed by atoms with Gasteiger partial charge in [-0.25, -0.2) is 9.59 Å². The zero-order valence-electron chi connectivity index (χ0n) is 7.11. The third-order valence-corrected chi connectivity index (χ3v) is 2.51. The number of hydrogen-bond donors (Lipinski definition) is 2.